The Labute approximate surface area is 111 Å². The maximum absolute atomic E-state index is 5.27. The van der Waals surface area contributed by atoms with Crippen LogP contribution in [0, 0.1) is 5.92 Å². The lowest BCUT2D eigenvalue weighted by atomic mass is 9.89. The summed E-state index contributed by atoms with van der Waals surface area (Å²) in [6.45, 7) is 2.19. The van der Waals surface area contributed by atoms with Gasteiger partial charge in [0.15, 0.2) is 10.2 Å². The fourth-order valence-corrected chi connectivity index (χ4v) is 2.89. The van der Waals surface area contributed by atoms with E-state index in [0.29, 0.717) is 17.1 Å². The molecule has 2 unspecified atom stereocenters. The maximum atomic E-state index is 5.27. The first-order chi connectivity index (χ1) is 8.25. The van der Waals surface area contributed by atoms with E-state index in [1.54, 1.807) is 17.5 Å². The Morgan fingerprint density at radius 1 is 1.59 bits per heavy atom. The third-order valence-corrected chi connectivity index (χ3v) is 3.94. The molecule has 0 saturated carbocycles. The van der Waals surface area contributed by atoms with E-state index in [9.17, 15) is 0 Å². The number of thiocarbonyl (C=S) groups is 1. The second-order valence-corrected chi connectivity index (χ2v) is 5.57. The molecule has 0 radical (unpaired) electrons. The number of nitrogens with zero attached hydrogens (tertiary/aromatic N) is 1. The van der Waals surface area contributed by atoms with Gasteiger partial charge in [-0.05, 0) is 44.3 Å². The molecule has 3 nitrogen and oxygen atoms in total. The highest BCUT2D eigenvalue weighted by atomic mass is 32.1. The van der Waals surface area contributed by atoms with Crippen molar-refractivity contribution in [2.24, 2.45) is 5.92 Å². The molecule has 1 aromatic heterocycles. The molecular weight excluding hydrogens is 250 g/mol. The van der Waals surface area contributed by atoms with Crippen molar-refractivity contribution in [2.45, 2.75) is 32.2 Å². The minimum Gasteiger partial charge on any atom is -0.360 e. The molecule has 1 aromatic rings. The number of thiazole rings is 1. The van der Waals surface area contributed by atoms with Crippen molar-refractivity contribution < 1.29 is 0 Å². The molecule has 1 aliphatic carbocycles. The molecule has 92 valence electrons. The number of rotatable bonds is 3. The molecule has 0 spiro atoms. The number of aromatic nitrogens is 1. The summed E-state index contributed by atoms with van der Waals surface area (Å²) in [6.07, 6.45) is 9.87. The van der Waals surface area contributed by atoms with E-state index < -0.39 is 0 Å². The zero-order valence-corrected chi connectivity index (χ0v) is 11.5. The third-order valence-electron chi connectivity index (χ3n) is 3.03. The SMILES string of the molecule is CC(NC(=S)Nc1nccs1)C1CC=CCC1. The lowest BCUT2D eigenvalue weighted by molar-refractivity contribution is 0.385. The van der Waals surface area contributed by atoms with Gasteiger partial charge in [0.1, 0.15) is 0 Å². The van der Waals surface area contributed by atoms with E-state index in [2.05, 4.69) is 34.7 Å². The smallest absolute Gasteiger partial charge is 0.188 e. The van der Waals surface area contributed by atoms with E-state index in [1.807, 2.05) is 5.38 Å². The van der Waals surface area contributed by atoms with Crippen LogP contribution in [-0.4, -0.2) is 16.1 Å². The second kappa shape index (κ2) is 6.12. The van der Waals surface area contributed by atoms with E-state index in [1.165, 1.54) is 12.8 Å². The highest BCUT2D eigenvalue weighted by Gasteiger charge is 2.18. The van der Waals surface area contributed by atoms with Crippen LogP contribution >= 0.6 is 23.6 Å². The molecule has 0 amide bonds. The van der Waals surface area contributed by atoms with Crippen molar-refractivity contribution in [3.8, 4) is 0 Å². The van der Waals surface area contributed by atoms with Crippen molar-refractivity contribution >= 4 is 33.8 Å². The van der Waals surface area contributed by atoms with Crippen LogP contribution in [0.25, 0.3) is 0 Å². The predicted molar refractivity (Wildman–Crippen MR) is 77.4 cm³/mol. The highest BCUT2D eigenvalue weighted by molar-refractivity contribution is 7.80. The van der Waals surface area contributed by atoms with Gasteiger partial charge < -0.3 is 10.6 Å². The molecule has 0 bridgehead atoms. The topological polar surface area (TPSA) is 37.0 Å². The summed E-state index contributed by atoms with van der Waals surface area (Å²) in [5.41, 5.74) is 0. The first-order valence-electron chi connectivity index (χ1n) is 5.87. The van der Waals surface area contributed by atoms with E-state index >= 15 is 0 Å². The molecule has 5 heteroatoms. The second-order valence-electron chi connectivity index (χ2n) is 4.27. The first-order valence-corrected chi connectivity index (χ1v) is 7.16. The fraction of sp³-hybridized carbons (Fsp3) is 0.500. The molecule has 0 aliphatic heterocycles. The summed E-state index contributed by atoms with van der Waals surface area (Å²) < 4.78 is 0. The molecule has 2 atom stereocenters. The van der Waals surface area contributed by atoms with Crippen molar-refractivity contribution in [1.82, 2.24) is 10.3 Å². The summed E-state index contributed by atoms with van der Waals surface area (Å²) in [6, 6.07) is 0.403. The molecule has 0 fully saturated rings. The first kappa shape index (κ1) is 12.5. The average Bonchev–Trinajstić information content (AvgIpc) is 2.82. The van der Waals surface area contributed by atoms with Gasteiger partial charge in [0.05, 0.1) is 0 Å². The minimum absolute atomic E-state index is 0.403. The molecule has 2 N–H and O–H groups in total. The van der Waals surface area contributed by atoms with Gasteiger partial charge in [-0.25, -0.2) is 4.98 Å². The lowest BCUT2D eigenvalue weighted by Crippen LogP contribution is -2.40. The number of allylic oxidation sites excluding steroid dienone is 2. The van der Waals surface area contributed by atoms with Gasteiger partial charge in [0.25, 0.3) is 0 Å². The van der Waals surface area contributed by atoms with Gasteiger partial charge in [0.2, 0.25) is 0 Å². The van der Waals surface area contributed by atoms with Crippen molar-refractivity contribution in [3.05, 3.63) is 23.7 Å². The van der Waals surface area contributed by atoms with Crippen LogP contribution in [0.4, 0.5) is 5.13 Å². The summed E-state index contributed by atoms with van der Waals surface area (Å²) in [4.78, 5) is 4.14. The minimum atomic E-state index is 0.403. The van der Waals surface area contributed by atoms with E-state index in [0.717, 1.165) is 11.6 Å². The largest absolute Gasteiger partial charge is 0.360 e. The van der Waals surface area contributed by atoms with Crippen LogP contribution in [0.15, 0.2) is 23.7 Å². The van der Waals surface area contributed by atoms with Crippen LogP contribution in [0.2, 0.25) is 0 Å². The highest BCUT2D eigenvalue weighted by Crippen LogP contribution is 2.21. The Hall–Kier alpha value is -0.940. The van der Waals surface area contributed by atoms with Gasteiger partial charge >= 0.3 is 0 Å². The summed E-state index contributed by atoms with van der Waals surface area (Å²) in [5.74, 6) is 0.677. The van der Waals surface area contributed by atoms with Crippen molar-refractivity contribution in [2.75, 3.05) is 5.32 Å². The van der Waals surface area contributed by atoms with Crippen LogP contribution in [0.3, 0.4) is 0 Å². The molecule has 17 heavy (non-hydrogen) atoms. The van der Waals surface area contributed by atoms with E-state index in [4.69, 9.17) is 12.2 Å². The molecule has 2 rings (SSSR count). The Morgan fingerprint density at radius 2 is 2.47 bits per heavy atom. The Morgan fingerprint density at radius 3 is 3.12 bits per heavy atom. The zero-order chi connectivity index (χ0) is 12.1. The van der Waals surface area contributed by atoms with E-state index in [-0.39, 0.29) is 0 Å². The molecule has 0 aromatic carbocycles. The van der Waals surface area contributed by atoms with Crippen LogP contribution in [-0.2, 0) is 0 Å². The number of hydrogen-bond acceptors (Lipinski definition) is 3. The average molecular weight is 267 g/mol. The molecule has 1 heterocycles. The lowest BCUT2D eigenvalue weighted by Gasteiger charge is -2.26. The van der Waals surface area contributed by atoms with Gasteiger partial charge in [-0.3, -0.25) is 0 Å². The van der Waals surface area contributed by atoms with Crippen molar-refractivity contribution in [3.63, 3.8) is 0 Å². The third kappa shape index (κ3) is 3.78. The van der Waals surface area contributed by atoms with Gasteiger partial charge in [-0.1, -0.05) is 12.2 Å². The summed E-state index contributed by atoms with van der Waals surface area (Å²) in [7, 11) is 0. The molecule has 0 saturated heterocycles. The van der Waals surface area contributed by atoms with Crippen molar-refractivity contribution in [1.29, 1.82) is 0 Å². The summed E-state index contributed by atoms with van der Waals surface area (Å²) in [5, 5.41) is 9.89. The number of nitrogens with one attached hydrogen (secondary N) is 2. The van der Waals surface area contributed by atoms with Gasteiger partial charge in [-0.15, -0.1) is 11.3 Å². The normalized spacial score (nSPS) is 20.9. The van der Waals surface area contributed by atoms with Crippen LogP contribution in [0.1, 0.15) is 26.2 Å². The van der Waals surface area contributed by atoms with Crippen LogP contribution < -0.4 is 10.6 Å². The number of hydrogen-bond donors (Lipinski definition) is 2. The standard InChI is InChI=1S/C12H17N3S2/c1-9(10-5-3-2-4-6-10)14-11(16)15-12-13-7-8-17-12/h2-3,7-10H,4-6H2,1H3,(H2,13,14,15,16). The zero-order valence-electron chi connectivity index (χ0n) is 9.85. The monoisotopic (exact) mass is 267 g/mol. The maximum Gasteiger partial charge on any atom is 0.188 e. The van der Waals surface area contributed by atoms with Gasteiger partial charge in [-0.2, -0.15) is 0 Å². The Bertz CT molecular complexity index is 386. The number of anilines is 1. The Balaban J connectivity index is 1.79. The molecule has 1 aliphatic rings. The quantitative estimate of drug-likeness (QED) is 0.651. The summed E-state index contributed by atoms with van der Waals surface area (Å²) >= 11 is 6.83. The fourth-order valence-electron chi connectivity index (χ4n) is 2.01. The van der Waals surface area contributed by atoms with Crippen LogP contribution in [0.5, 0.6) is 0 Å². The van der Waals surface area contributed by atoms with Gasteiger partial charge in [0, 0.05) is 17.6 Å². The molecular formula is C12H17N3S2. The predicted octanol–water partition coefficient (Wildman–Crippen LogP) is 3.17. The Kier molecular flexibility index (Phi) is 4.50.